The number of carbonyl (C=O) groups excluding carboxylic acids is 1. The largest absolute Gasteiger partial charge is 0.480 e. The van der Waals surface area contributed by atoms with Gasteiger partial charge in [-0.3, -0.25) is 0 Å². The van der Waals surface area contributed by atoms with E-state index >= 15 is 0 Å². The molecule has 0 unspecified atom stereocenters. The van der Waals surface area contributed by atoms with Crippen LogP contribution in [0.2, 0.25) is 0 Å². The number of carboxylic acid groups (broad SMARTS) is 1. The Morgan fingerprint density at radius 1 is 1.44 bits per heavy atom. The van der Waals surface area contributed by atoms with Gasteiger partial charge in [-0.25, -0.2) is 9.59 Å². The van der Waals surface area contributed by atoms with Crippen LogP contribution in [-0.2, 0) is 9.53 Å². The number of amides is 2. The van der Waals surface area contributed by atoms with E-state index in [1.807, 2.05) is 0 Å². The van der Waals surface area contributed by atoms with Gasteiger partial charge in [-0.2, -0.15) is 0 Å². The van der Waals surface area contributed by atoms with Crippen LogP contribution in [0.25, 0.3) is 0 Å². The zero-order chi connectivity index (χ0) is 13.6. The van der Waals surface area contributed by atoms with E-state index in [4.69, 9.17) is 14.9 Å². The topological polar surface area (TPSA) is 108 Å². The lowest BCUT2D eigenvalue weighted by Gasteiger charge is -2.40. The van der Waals surface area contributed by atoms with Crippen molar-refractivity contribution in [1.82, 2.24) is 10.6 Å². The Bertz CT molecular complexity index is 298. The van der Waals surface area contributed by atoms with Gasteiger partial charge in [0.25, 0.3) is 0 Å². The predicted octanol–water partition coefficient (Wildman–Crippen LogP) is -0.310. The fourth-order valence-electron chi connectivity index (χ4n) is 1.86. The Labute approximate surface area is 106 Å². The van der Waals surface area contributed by atoms with Crippen molar-refractivity contribution in [2.75, 3.05) is 20.3 Å². The van der Waals surface area contributed by atoms with E-state index in [0.717, 1.165) is 19.3 Å². The van der Waals surface area contributed by atoms with E-state index in [1.165, 1.54) is 0 Å². The molecule has 1 saturated carbocycles. The minimum Gasteiger partial charge on any atom is -0.480 e. The highest BCUT2D eigenvalue weighted by Crippen LogP contribution is 2.34. The van der Waals surface area contributed by atoms with Crippen molar-refractivity contribution in [3.05, 3.63) is 0 Å². The highest BCUT2D eigenvalue weighted by molar-refractivity contribution is 5.82. The van der Waals surface area contributed by atoms with Crippen molar-refractivity contribution in [1.29, 1.82) is 0 Å². The number of carboxylic acids is 1. The first-order valence-corrected chi connectivity index (χ1v) is 5.96. The fraction of sp³-hybridized carbons (Fsp3) is 0.818. The number of aliphatic hydroxyl groups is 1. The molecule has 0 saturated heterocycles. The van der Waals surface area contributed by atoms with Crippen molar-refractivity contribution in [2.45, 2.75) is 37.3 Å². The van der Waals surface area contributed by atoms with Crippen LogP contribution in [-0.4, -0.2) is 54.1 Å². The summed E-state index contributed by atoms with van der Waals surface area (Å²) in [6, 6.07) is -1.63. The summed E-state index contributed by atoms with van der Waals surface area (Å²) in [6.45, 7) is 0.0695. The fourth-order valence-corrected chi connectivity index (χ4v) is 1.86. The molecule has 0 aliphatic heterocycles. The molecule has 0 radical (unpaired) electrons. The summed E-state index contributed by atoms with van der Waals surface area (Å²) < 4.78 is 5.33. The van der Waals surface area contributed by atoms with E-state index in [0.29, 0.717) is 6.54 Å². The van der Waals surface area contributed by atoms with Crippen molar-refractivity contribution in [3.63, 3.8) is 0 Å². The summed E-state index contributed by atoms with van der Waals surface area (Å²) in [6.07, 6.45) is 2.84. The molecule has 1 aliphatic rings. The molecule has 1 atom stereocenters. The van der Waals surface area contributed by atoms with Gasteiger partial charge in [0.2, 0.25) is 0 Å². The number of carbonyl (C=O) groups is 2. The molecule has 0 aromatic heterocycles. The van der Waals surface area contributed by atoms with Gasteiger partial charge in [0.05, 0.1) is 5.60 Å². The zero-order valence-electron chi connectivity index (χ0n) is 10.4. The molecule has 0 heterocycles. The van der Waals surface area contributed by atoms with Gasteiger partial charge in [0.15, 0.2) is 0 Å². The van der Waals surface area contributed by atoms with Gasteiger partial charge >= 0.3 is 12.0 Å². The van der Waals surface area contributed by atoms with Gasteiger partial charge in [0.1, 0.15) is 6.04 Å². The molecule has 4 N–H and O–H groups in total. The first kappa shape index (κ1) is 14.7. The Kier molecular flexibility index (Phi) is 5.36. The monoisotopic (exact) mass is 260 g/mol. The van der Waals surface area contributed by atoms with Crippen molar-refractivity contribution >= 4 is 12.0 Å². The molecule has 1 aliphatic carbocycles. The van der Waals surface area contributed by atoms with Gasteiger partial charge in [-0.15, -0.1) is 0 Å². The number of ether oxygens (including phenoxy) is 1. The zero-order valence-corrected chi connectivity index (χ0v) is 10.4. The van der Waals surface area contributed by atoms with Crippen LogP contribution in [0, 0.1) is 0 Å². The summed E-state index contributed by atoms with van der Waals surface area (Å²) in [7, 11) is 1.60. The predicted molar refractivity (Wildman–Crippen MR) is 63.3 cm³/mol. The number of rotatable bonds is 7. The number of aliphatic carboxylic acids is 1. The molecule has 2 amide bonds. The first-order valence-electron chi connectivity index (χ1n) is 5.96. The summed E-state index contributed by atoms with van der Waals surface area (Å²) in [5, 5.41) is 22.4. The molecular formula is C11H20N2O5. The molecule has 104 valence electrons. The van der Waals surface area contributed by atoms with Gasteiger partial charge in [-0.1, -0.05) is 0 Å². The number of nitrogens with one attached hydrogen (secondary N) is 2. The molecule has 18 heavy (non-hydrogen) atoms. The lowest BCUT2D eigenvalue weighted by Crippen LogP contribution is -2.53. The highest BCUT2D eigenvalue weighted by atomic mass is 16.5. The second-order valence-electron chi connectivity index (χ2n) is 4.47. The summed E-state index contributed by atoms with van der Waals surface area (Å²) in [4.78, 5) is 22.3. The Morgan fingerprint density at radius 3 is 2.50 bits per heavy atom. The van der Waals surface area contributed by atoms with E-state index in [9.17, 15) is 9.59 Å². The maximum absolute atomic E-state index is 11.5. The molecule has 0 aromatic carbocycles. The molecule has 0 bridgehead atoms. The standard InChI is InChI=1S/C11H20N2O5/c1-18-11(4-2-5-11)7-12-10(17)13-8(3-6-14)9(15)16/h8,14H,2-7H2,1H3,(H,15,16)(H2,12,13,17)/t8-/m0/s1. The third-order valence-electron chi connectivity index (χ3n) is 3.29. The number of hydrogen-bond acceptors (Lipinski definition) is 4. The van der Waals surface area contributed by atoms with Gasteiger partial charge in [-0.05, 0) is 19.3 Å². The van der Waals surface area contributed by atoms with Crippen LogP contribution >= 0.6 is 0 Å². The van der Waals surface area contributed by atoms with Crippen LogP contribution < -0.4 is 10.6 Å². The molecule has 1 rings (SSSR count). The Balaban J connectivity index is 2.33. The minimum absolute atomic E-state index is 0.0157. The third-order valence-corrected chi connectivity index (χ3v) is 3.29. The van der Waals surface area contributed by atoms with Crippen molar-refractivity contribution in [3.8, 4) is 0 Å². The molecule has 7 heteroatoms. The maximum Gasteiger partial charge on any atom is 0.326 e. The molecular weight excluding hydrogens is 240 g/mol. The normalized spacial score (nSPS) is 18.6. The van der Waals surface area contributed by atoms with Crippen molar-refractivity contribution < 1.29 is 24.5 Å². The van der Waals surface area contributed by atoms with Gasteiger partial charge in [0, 0.05) is 26.7 Å². The number of hydrogen-bond donors (Lipinski definition) is 4. The van der Waals surface area contributed by atoms with Crippen molar-refractivity contribution in [2.24, 2.45) is 0 Å². The second kappa shape index (κ2) is 6.55. The average Bonchev–Trinajstić information content (AvgIpc) is 2.27. The quantitative estimate of drug-likeness (QED) is 0.502. The highest BCUT2D eigenvalue weighted by Gasteiger charge is 2.37. The lowest BCUT2D eigenvalue weighted by atomic mass is 9.80. The maximum atomic E-state index is 11.5. The molecule has 0 aromatic rings. The minimum atomic E-state index is -1.16. The average molecular weight is 260 g/mol. The number of aliphatic hydroxyl groups excluding tert-OH is 1. The van der Waals surface area contributed by atoms with Gasteiger partial charge < -0.3 is 25.6 Å². The van der Waals surface area contributed by atoms with Crippen LogP contribution in [0.4, 0.5) is 4.79 Å². The summed E-state index contributed by atoms with van der Waals surface area (Å²) >= 11 is 0. The van der Waals surface area contributed by atoms with E-state index in [2.05, 4.69) is 10.6 Å². The molecule has 1 fully saturated rings. The molecule has 7 nitrogen and oxygen atoms in total. The summed E-state index contributed by atoms with van der Waals surface area (Å²) in [5.74, 6) is -1.16. The van der Waals surface area contributed by atoms with Crippen LogP contribution in [0.3, 0.4) is 0 Å². The first-order chi connectivity index (χ1) is 8.53. The van der Waals surface area contributed by atoms with E-state index in [1.54, 1.807) is 7.11 Å². The Morgan fingerprint density at radius 2 is 2.11 bits per heavy atom. The van der Waals surface area contributed by atoms with Crippen LogP contribution in [0.5, 0.6) is 0 Å². The molecule has 0 spiro atoms. The van der Waals surface area contributed by atoms with Crippen LogP contribution in [0.15, 0.2) is 0 Å². The smallest absolute Gasteiger partial charge is 0.326 e. The third kappa shape index (κ3) is 3.85. The lowest BCUT2D eigenvalue weighted by molar-refractivity contribution is -0.139. The van der Waals surface area contributed by atoms with E-state index < -0.39 is 18.0 Å². The van der Waals surface area contributed by atoms with E-state index in [-0.39, 0.29) is 18.6 Å². The second-order valence-corrected chi connectivity index (χ2v) is 4.47. The Hall–Kier alpha value is -1.34. The van der Waals surface area contributed by atoms with Crippen LogP contribution in [0.1, 0.15) is 25.7 Å². The SMILES string of the molecule is COC1(CNC(=O)N[C@@H](CCO)C(=O)O)CCC1. The number of methoxy groups -OCH3 is 1. The summed E-state index contributed by atoms with van der Waals surface area (Å²) in [5.41, 5.74) is -0.299. The number of urea groups is 1.